The highest BCUT2D eigenvalue weighted by molar-refractivity contribution is 7.99. The van der Waals surface area contributed by atoms with E-state index in [0.717, 1.165) is 18.1 Å². The maximum absolute atomic E-state index is 10.6. The van der Waals surface area contributed by atoms with Crippen LogP contribution in [0.5, 0.6) is 0 Å². The molecular weight excluding hydrogens is 190 g/mol. The van der Waals surface area contributed by atoms with Crippen LogP contribution in [0.15, 0.2) is 0 Å². The lowest BCUT2D eigenvalue weighted by Crippen LogP contribution is -2.34. The fourth-order valence-electron chi connectivity index (χ4n) is 0.837. The van der Waals surface area contributed by atoms with Crippen molar-refractivity contribution in [3.05, 3.63) is 0 Å². The Hall–Kier alpha value is -0.260. The topological polar surface area (TPSA) is 58.6 Å². The Labute approximate surface area is 83.0 Å². The number of hydrogen-bond donors (Lipinski definition) is 2. The van der Waals surface area contributed by atoms with Crippen molar-refractivity contribution in [3.63, 3.8) is 0 Å². The van der Waals surface area contributed by atoms with E-state index in [1.54, 1.807) is 25.9 Å². The summed E-state index contributed by atoms with van der Waals surface area (Å²) in [7, 11) is 3.33. The van der Waals surface area contributed by atoms with Crippen molar-refractivity contribution in [2.45, 2.75) is 12.5 Å². The van der Waals surface area contributed by atoms with E-state index in [9.17, 15) is 4.79 Å². The van der Waals surface area contributed by atoms with E-state index < -0.39 is 12.0 Å². The summed E-state index contributed by atoms with van der Waals surface area (Å²) in [5, 5.41) is 11.4. The molecule has 0 heterocycles. The molecule has 0 aliphatic rings. The van der Waals surface area contributed by atoms with E-state index in [0.29, 0.717) is 6.42 Å². The Morgan fingerprint density at radius 2 is 2.31 bits per heavy atom. The Morgan fingerprint density at radius 1 is 1.62 bits per heavy atom. The fraction of sp³-hybridized carbons (Fsp3) is 0.875. The van der Waals surface area contributed by atoms with Gasteiger partial charge < -0.3 is 15.2 Å². The molecular formula is C8H17NO3S. The van der Waals surface area contributed by atoms with E-state index in [4.69, 9.17) is 9.84 Å². The second-order valence-electron chi connectivity index (χ2n) is 2.57. The Kier molecular flexibility index (Phi) is 8.18. The molecule has 13 heavy (non-hydrogen) atoms. The largest absolute Gasteiger partial charge is 0.480 e. The van der Waals surface area contributed by atoms with Gasteiger partial charge in [-0.25, -0.2) is 0 Å². The molecule has 1 atom stereocenters. The maximum Gasteiger partial charge on any atom is 0.320 e. The standard InChI is InChI=1S/C8H17NO3S/c1-9-7(8(10)11)3-5-13-6-4-12-2/h7,9H,3-6H2,1-2H3,(H,10,11). The van der Waals surface area contributed by atoms with Crippen molar-refractivity contribution < 1.29 is 14.6 Å². The number of thioether (sulfide) groups is 1. The molecule has 0 saturated carbocycles. The Bertz CT molecular complexity index is 143. The predicted molar refractivity (Wildman–Crippen MR) is 54.3 cm³/mol. The van der Waals surface area contributed by atoms with E-state index in [-0.39, 0.29) is 0 Å². The van der Waals surface area contributed by atoms with Crippen LogP contribution in [0.1, 0.15) is 6.42 Å². The number of carbonyl (C=O) groups is 1. The molecule has 5 heteroatoms. The van der Waals surface area contributed by atoms with E-state index in [1.807, 2.05) is 0 Å². The Morgan fingerprint density at radius 3 is 2.77 bits per heavy atom. The van der Waals surface area contributed by atoms with Crippen LogP contribution < -0.4 is 5.32 Å². The molecule has 0 aromatic carbocycles. The number of carboxylic acid groups (broad SMARTS) is 1. The summed E-state index contributed by atoms with van der Waals surface area (Å²) in [4.78, 5) is 10.6. The van der Waals surface area contributed by atoms with Gasteiger partial charge in [0.2, 0.25) is 0 Å². The highest BCUT2D eigenvalue weighted by Gasteiger charge is 2.13. The molecule has 0 rings (SSSR count). The van der Waals surface area contributed by atoms with Gasteiger partial charge in [-0.05, 0) is 19.2 Å². The molecule has 0 spiro atoms. The predicted octanol–water partition coefficient (Wildman–Crippen LogP) is 0.429. The SMILES string of the molecule is CNC(CCSCCOC)C(=O)O. The number of aliphatic carboxylic acids is 1. The summed E-state index contributed by atoms with van der Waals surface area (Å²) in [5.41, 5.74) is 0. The lowest BCUT2D eigenvalue weighted by atomic mass is 10.2. The smallest absolute Gasteiger partial charge is 0.320 e. The molecule has 0 fully saturated rings. The van der Waals surface area contributed by atoms with Crippen LogP contribution in [0.25, 0.3) is 0 Å². The van der Waals surface area contributed by atoms with Crippen LogP contribution in [0, 0.1) is 0 Å². The number of nitrogens with one attached hydrogen (secondary N) is 1. The van der Waals surface area contributed by atoms with Gasteiger partial charge in [0, 0.05) is 12.9 Å². The second kappa shape index (κ2) is 8.34. The van der Waals surface area contributed by atoms with Crippen LogP contribution in [-0.2, 0) is 9.53 Å². The van der Waals surface area contributed by atoms with Crippen molar-refractivity contribution in [1.29, 1.82) is 0 Å². The third-order valence-electron chi connectivity index (χ3n) is 1.63. The van der Waals surface area contributed by atoms with Gasteiger partial charge in [-0.3, -0.25) is 4.79 Å². The summed E-state index contributed by atoms with van der Waals surface area (Å²) in [5.74, 6) is 0.989. The van der Waals surface area contributed by atoms with Gasteiger partial charge in [0.25, 0.3) is 0 Å². The molecule has 4 nitrogen and oxygen atoms in total. The van der Waals surface area contributed by atoms with Gasteiger partial charge in [-0.15, -0.1) is 0 Å². The zero-order valence-corrected chi connectivity index (χ0v) is 8.89. The van der Waals surface area contributed by atoms with Gasteiger partial charge in [0.1, 0.15) is 6.04 Å². The van der Waals surface area contributed by atoms with Gasteiger partial charge >= 0.3 is 5.97 Å². The van der Waals surface area contributed by atoms with E-state index in [2.05, 4.69) is 5.32 Å². The minimum atomic E-state index is -0.783. The molecule has 0 amide bonds. The zero-order chi connectivity index (χ0) is 10.1. The highest BCUT2D eigenvalue weighted by atomic mass is 32.2. The Balaban J connectivity index is 3.33. The first kappa shape index (κ1) is 12.7. The van der Waals surface area contributed by atoms with Crippen molar-refractivity contribution in [2.24, 2.45) is 0 Å². The lowest BCUT2D eigenvalue weighted by molar-refractivity contribution is -0.139. The molecule has 0 saturated heterocycles. The normalized spacial score (nSPS) is 12.8. The van der Waals surface area contributed by atoms with Gasteiger partial charge in [-0.2, -0.15) is 11.8 Å². The summed E-state index contributed by atoms with van der Waals surface area (Å²) >= 11 is 1.71. The lowest BCUT2D eigenvalue weighted by Gasteiger charge is -2.09. The molecule has 78 valence electrons. The maximum atomic E-state index is 10.6. The van der Waals surface area contributed by atoms with Crippen molar-refractivity contribution in [3.8, 4) is 0 Å². The van der Waals surface area contributed by atoms with E-state index >= 15 is 0 Å². The van der Waals surface area contributed by atoms with Crippen molar-refractivity contribution in [1.82, 2.24) is 5.32 Å². The van der Waals surface area contributed by atoms with Crippen molar-refractivity contribution >= 4 is 17.7 Å². The average Bonchev–Trinajstić information content (AvgIpc) is 2.10. The first-order valence-corrected chi connectivity index (χ1v) is 5.34. The van der Waals surface area contributed by atoms with E-state index in [1.165, 1.54) is 0 Å². The van der Waals surface area contributed by atoms with Gasteiger partial charge in [0.15, 0.2) is 0 Å². The van der Waals surface area contributed by atoms with Crippen molar-refractivity contribution in [2.75, 3.05) is 32.3 Å². The molecule has 0 radical (unpaired) electrons. The number of hydrogen-bond acceptors (Lipinski definition) is 4. The quantitative estimate of drug-likeness (QED) is 0.565. The minimum Gasteiger partial charge on any atom is -0.480 e. The van der Waals surface area contributed by atoms with Crippen LogP contribution >= 0.6 is 11.8 Å². The molecule has 1 unspecified atom stereocenters. The number of likely N-dealkylation sites (N-methyl/N-ethyl adjacent to an activating group) is 1. The molecule has 0 aliphatic carbocycles. The fourth-order valence-corrected chi connectivity index (χ4v) is 1.73. The molecule has 0 aliphatic heterocycles. The monoisotopic (exact) mass is 207 g/mol. The van der Waals surface area contributed by atoms with Gasteiger partial charge in [-0.1, -0.05) is 0 Å². The van der Waals surface area contributed by atoms with Gasteiger partial charge in [0.05, 0.1) is 6.61 Å². The highest BCUT2D eigenvalue weighted by Crippen LogP contribution is 2.04. The van der Waals surface area contributed by atoms with Crippen LogP contribution in [0.2, 0.25) is 0 Å². The third-order valence-corrected chi connectivity index (χ3v) is 2.61. The van der Waals surface area contributed by atoms with Crippen LogP contribution in [0.4, 0.5) is 0 Å². The second-order valence-corrected chi connectivity index (χ2v) is 3.80. The minimum absolute atomic E-state index is 0.421. The molecule has 0 aromatic heterocycles. The molecule has 0 aromatic rings. The first-order valence-electron chi connectivity index (χ1n) is 4.19. The zero-order valence-electron chi connectivity index (χ0n) is 8.08. The van der Waals surface area contributed by atoms with Crippen LogP contribution in [-0.4, -0.2) is 49.4 Å². The third kappa shape index (κ3) is 6.86. The summed E-state index contributed by atoms with van der Waals surface area (Å²) in [6.07, 6.45) is 0.653. The summed E-state index contributed by atoms with van der Waals surface area (Å²) in [6, 6.07) is -0.421. The molecule has 2 N–H and O–H groups in total. The molecule has 0 bridgehead atoms. The number of rotatable bonds is 8. The summed E-state index contributed by atoms with van der Waals surface area (Å²) < 4.78 is 4.87. The number of methoxy groups -OCH3 is 1. The summed E-state index contributed by atoms with van der Waals surface area (Å²) in [6.45, 7) is 0.724. The van der Waals surface area contributed by atoms with Crippen LogP contribution in [0.3, 0.4) is 0 Å². The first-order chi connectivity index (χ1) is 6.22. The average molecular weight is 207 g/mol. The number of ether oxygens (including phenoxy) is 1. The number of carboxylic acids is 1.